The molecule has 0 N–H and O–H groups in total. The van der Waals surface area contributed by atoms with Gasteiger partial charge in [0.2, 0.25) is 11.8 Å². The molecular weight excluding hydrogens is 162 g/mol. The average molecular weight is 170 g/mol. The molecule has 0 aliphatic carbocycles. The number of hydrogen-bond donors (Lipinski definition) is 0. The highest BCUT2D eigenvalue weighted by molar-refractivity contribution is 5.89. The van der Waals surface area contributed by atoms with Crippen LogP contribution < -0.4 is 4.57 Å². The van der Waals surface area contributed by atoms with Crippen LogP contribution in [-0.4, -0.2) is 0 Å². The maximum atomic E-state index is 5.57. The maximum absolute atomic E-state index is 5.57. The number of nitrogens with zero attached hydrogens (tertiary/aromatic N) is 1. The van der Waals surface area contributed by atoms with Crippen LogP contribution in [0.25, 0.3) is 16.5 Å². The summed E-state index contributed by atoms with van der Waals surface area (Å²) in [6, 6.07) is 14.0. The van der Waals surface area contributed by atoms with Crippen molar-refractivity contribution in [3.05, 3.63) is 48.7 Å². The fourth-order valence-corrected chi connectivity index (χ4v) is 1.58. The van der Waals surface area contributed by atoms with Crippen LogP contribution in [0.5, 0.6) is 0 Å². The van der Waals surface area contributed by atoms with Crippen molar-refractivity contribution in [3.8, 4) is 0 Å². The van der Waals surface area contributed by atoms with E-state index in [1.54, 1.807) is 4.57 Å². The summed E-state index contributed by atoms with van der Waals surface area (Å²) < 4.78 is 7.35. The SMILES string of the molecule is c1ccc2c(c1)o[n+]1ccccc21. The van der Waals surface area contributed by atoms with E-state index < -0.39 is 0 Å². The van der Waals surface area contributed by atoms with Gasteiger partial charge in [-0.25, -0.2) is 4.52 Å². The number of pyridine rings is 1. The Kier molecular flexibility index (Phi) is 1.19. The van der Waals surface area contributed by atoms with Crippen LogP contribution in [-0.2, 0) is 0 Å². The molecule has 3 rings (SSSR count). The van der Waals surface area contributed by atoms with Gasteiger partial charge in [0.05, 0.1) is 0 Å². The van der Waals surface area contributed by atoms with E-state index in [0.29, 0.717) is 0 Å². The Hall–Kier alpha value is -1.83. The predicted octanol–water partition coefficient (Wildman–Crippen LogP) is 2.17. The second-order valence-electron chi connectivity index (χ2n) is 3.00. The molecule has 0 aliphatic heterocycles. The van der Waals surface area contributed by atoms with Crippen LogP contribution in [0.2, 0.25) is 0 Å². The maximum Gasteiger partial charge on any atom is 0.269 e. The molecule has 2 nitrogen and oxygen atoms in total. The lowest BCUT2D eigenvalue weighted by atomic mass is 10.2. The summed E-state index contributed by atoms with van der Waals surface area (Å²) in [6.45, 7) is 0. The minimum absolute atomic E-state index is 0.925. The molecule has 0 atom stereocenters. The highest BCUT2D eigenvalue weighted by atomic mass is 16.5. The first-order chi connectivity index (χ1) is 6.45. The van der Waals surface area contributed by atoms with Gasteiger partial charge in [0.15, 0.2) is 0 Å². The largest absolute Gasteiger partial charge is 0.269 e. The van der Waals surface area contributed by atoms with Gasteiger partial charge in [-0.3, -0.25) is 0 Å². The van der Waals surface area contributed by atoms with E-state index in [9.17, 15) is 0 Å². The van der Waals surface area contributed by atoms with Crippen LogP contribution >= 0.6 is 0 Å². The number of rotatable bonds is 0. The Labute approximate surface area is 75.0 Å². The minimum atomic E-state index is 0.925. The smallest absolute Gasteiger partial charge is 0.230 e. The Balaban J connectivity index is 2.64. The molecule has 0 amide bonds. The van der Waals surface area contributed by atoms with Gasteiger partial charge in [-0.1, -0.05) is 12.1 Å². The van der Waals surface area contributed by atoms with Crippen molar-refractivity contribution in [1.82, 2.24) is 0 Å². The van der Waals surface area contributed by atoms with E-state index in [2.05, 4.69) is 6.07 Å². The fourth-order valence-electron chi connectivity index (χ4n) is 1.58. The molecule has 0 saturated carbocycles. The first kappa shape index (κ1) is 6.66. The summed E-state index contributed by atoms with van der Waals surface area (Å²) in [7, 11) is 0. The molecule has 0 radical (unpaired) electrons. The standard InChI is InChI=1S/C11H8NO/c1-2-7-11-9(5-1)10-6-3-4-8-12(10)13-11/h1-8H/q+1. The Morgan fingerprint density at radius 3 is 2.77 bits per heavy atom. The quantitative estimate of drug-likeness (QED) is 0.472. The van der Waals surface area contributed by atoms with E-state index in [1.165, 1.54) is 0 Å². The van der Waals surface area contributed by atoms with Gasteiger partial charge < -0.3 is 0 Å². The van der Waals surface area contributed by atoms with E-state index in [4.69, 9.17) is 4.52 Å². The Morgan fingerprint density at radius 1 is 0.923 bits per heavy atom. The van der Waals surface area contributed by atoms with Crippen LogP contribution in [0.4, 0.5) is 0 Å². The molecule has 0 unspecified atom stereocenters. The summed E-state index contributed by atoms with van der Waals surface area (Å²) in [5.41, 5.74) is 2.03. The zero-order valence-electron chi connectivity index (χ0n) is 6.97. The molecule has 3 aromatic rings. The van der Waals surface area contributed by atoms with Gasteiger partial charge in [0.25, 0.3) is 5.52 Å². The van der Waals surface area contributed by atoms with Crippen molar-refractivity contribution < 1.29 is 9.10 Å². The molecule has 1 aromatic carbocycles. The summed E-state index contributed by atoms with van der Waals surface area (Å²) in [4.78, 5) is 0. The van der Waals surface area contributed by atoms with Crippen LogP contribution in [0, 0.1) is 0 Å². The topological polar surface area (TPSA) is 17.2 Å². The third-order valence-corrected chi connectivity index (χ3v) is 2.18. The average Bonchev–Trinajstić information content (AvgIpc) is 2.56. The summed E-state index contributed by atoms with van der Waals surface area (Å²) >= 11 is 0. The van der Waals surface area contributed by atoms with E-state index >= 15 is 0 Å². The molecule has 13 heavy (non-hydrogen) atoms. The van der Waals surface area contributed by atoms with E-state index in [-0.39, 0.29) is 0 Å². The lowest BCUT2D eigenvalue weighted by Crippen LogP contribution is -2.15. The van der Waals surface area contributed by atoms with Crippen LogP contribution in [0.15, 0.2) is 53.2 Å². The minimum Gasteiger partial charge on any atom is -0.230 e. The second kappa shape index (κ2) is 2.33. The molecule has 2 aromatic heterocycles. The highest BCUT2D eigenvalue weighted by Gasteiger charge is 2.11. The van der Waals surface area contributed by atoms with Crippen molar-refractivity contribution in [3.63, 3.8) is 0 Å². The normalized spacial score (nSPS) is 11.1. The first-order valence-corrected chi connectivity index (χ1v) is 4.23. The molecule has 0 spiro atoms. The molecule has 2 heteroatoms. The van der Waals surface area contributed by atoms with Gasteiger partial charge in [0, 0.05) is 16.7 Å². The van der Waals surface area contributed by atoms with Gasteiger partial charge in [-0.2, -0.15) is 0 Å². The fraction of sp³-hybridized carbons (Fsp3) is 0. The number of fused-ring (bicyclic) bond motifs is 3. The molecule has 0 bridgehead atoms. The lowest BCUT2D eigenvalue weighted by molar-refractivity contribution is -0.712. The van der Waals surface area contributed by atoms with E-state index in [0.717, 1.165) is 16.5 Å². The van der Waals surface area contributed by atoms with Crippen molar-refractivity contribution in [2.75, 3.05) is 0 Å². The third-order valence-electron chi connectivity index (χ3n) is 2.18. The van der Waals surface area contributed by atoms with Crippen molar-refractivity contribution in [2.45, 2.75) is 0 Å². The van der Waals surface area contributed by atoms with Crippen molar-refractivity contribution in [2.24, 2.45) is 0 Å². The monoisotopic (exact) mass is 170 g/mol. The molecule has 0 saturated heterocycles. The number of aromatic nitrogens is 1. The van der Waals surface area contributed by atoms with Crippen LogP contribution in [0.1, 0.15) is 0 Å². The van der Waals surface area contributed by atoms with Gasteiger partial charge >= 0.3 is 0 Å². The molecule has 2 heterocycles. The third kappa shape index (κ3) is 0.855. The Morgan fingerprint density at radius 2 is 1.77 bits per heavy atom. The summed E-state index contributed by atoms with van der Waals surface area (Å²) in [6.07, 6.45) is 1.91. The molecule has 0 fully saturated rings. The number of benzene rings is 1. The van der Waals surface area contributed by atoms with Gasteiger partial charge in [0.1, 0.15) is 5.39 Å². The lowest BCUT2D eigenvalue weighted by Gasteiger charge is -1.78. The number of para-hydroxylation sites is 1. The van der Waals surface area contributed by atoms with Gasteiger partial charge in [-0.15, -0.1) is 0 Å². The molecule has 62 valence electrons. The summed E-state index contributed by atoms with van der Waals surface area (Å²) in [5, 5.41) is 1.16. The van der Waals surface area contributed by atoms with Crippen LogP contribution in [0.3, 0.4) is 0 Å². The number of hydrogen-bond acceptors (Lipinski definition) is 1. The van der Waals surface area contributed by atoms with Crippen molar-refractivity contribution >= 4 is 16.5 Å². The second-order valence-corrected chi connectivity index (χ2v) is 3.00. The van der Waals surface area contributed by atoms with Gasteiger partial charge in [-0.05, 0) is 18.2 Å². The highest BCUT2D eigenvalue weighted by Crippen LogP contribution is 2.16. The van der Waals surface area contributed by atoms with E-state index in [1.807, 2.05) is 42.6 Å². The predicted molar refractivity (Wildman–Crippen MR) is 49.4 cm³/mol. The zero-order chi connectivity index (χ0) is 8.67. The van der Waals surface area contributed by atoms with Crippen molar-refractivity contribution in [1.29, 1.82) is 0 Å². The first-order valence-electron chi connectivity index (χ1n) is 4.23. The molecular formula is C11H8NO+. The zero-order valence-corrected chi connectivity index (χ0v) is 6.97. The summed E-state index contributed by atoms with van der Waals surface area (Å²) in [5.74, 6) is 0. The molecule has 0 aliphatic rings. The Bertz CT molecular complexity index is 518.